The molecule has 1 aromatic heterocycles. The fraction of sp³-hybridized carbons (Fsp3) is 0.474. The van der Waals surface area contributed by atoms with Crippen LogP contribution in [0.3, 0.4) is 0 Å². The van der Waals surface area contributed by atoms with Gasteiger partial charge in [-0.2, -0.15) is 5.10 Å². The fourth-order valence-corrected chi connectivity index (χ4v) is 2.79. The number of carbonyl (C=O) groups excluding carboxylic acids is 1. The van der Waals surface area contributed by atoms with Crippen molar-refractivity contribution in [3.63, 3.8) is 0 Å². The van der Waals surface area contributed by atoms with Gasteiger partial charge in [-0.05, 0) is 24.3 Å². The maximum Gasteiger partial charge on any atom is 0.326 e. The molecule has 0 radical (unpaired) electrons. The molecule has 1 heterocycles. The van der Waals surface area contributed by atoms with Gasteiger partial charge in [0, 0.05) is 11.9 Å². The number of nitrogens with zero attached hydrogens (tertiary/aromatic N) is 2. The maximum atomic E-state index is 12.8. The molecule has 0 spiro atoms. The first-order valence-corrected chi connectivity index (χ1v) is 8.74. The molecule has 1 atom stereocenters. The largest absolute Gasteiger partial charge is 0.480 e. The van der Waals surface area contributed by atoms with Gasteiger partial charge in [0.15, 0.2) is 5.69 Å². The number of aliphatic carboxylic acids is 1. The van der Waals surface area contributed by atoms with Crippen LogP contribution in [-0.4, -0.2) is 32.8 Å². The zero-order valence-corrected chi connectivity index (χ0v) is 15.5. The van der Waals surface area contributed by atoms with Crippen LogP contribution in [0.4, 0.5) is 0 Å². The quantitative estimate of drug-likeness (QED) is 0.790. The molecule has 0 fully saturated rings. The third-order valence-electron chi connectivity index (χ3n) is 3.93. The molecule has 26 heavy (non-hydrogen) atoms. The van der Waals surface area contributed by atoms with Gasteiger partial charge in [-0.15, -0.1) is 0 Å². The molecular weight excluding hydrogens is 334 g/mol. The molecule has 0 aliphatic heterocycles. The first kappa shape index (κ1) is 19.6. The topological polar surface area (TPSA) is 101 Å². The van der Waals surface area contributed by atoms with Crippen molar-refractivity contribution in [2.45, 2.75) is 46.7 Å². The summed E-state index contributed by atoms with van der Waals surface area (Å²) in [4.78, 5) is 36.8. The van der Waals surface area contributed by atoms with Crippen LogP contribution in [0.25, 0.3) is 10.8 Å². The first-order valence-electron chi connectivity index (χ1n) is 8.74. The highest BCUT2D eigenvalue weighted by Gasteiger charge is 2.24. The highest BCUT2D eigenvalue weighted by Crippen LogP contribution is 2.15. The number of amides is 1. The van der Waals surface area contributed by atoms with Gasteiger partial charge in [0.05, 0.1) is 5.39 Å². The molecule has 0 bridgehead atoms. The number of carbonyl (C=O) groups is 2. The van der Waals surface area contributed by atoms with E-state index >= 15 is 0 Å². The summed E-state index contributed by atoms with van der Waals surface area (Å²) >= 11 is 0. The van der Waals surface area contributed by atoms with Crippen LogP contribution in [0.1, 0.15) is 44.6 Å². The summed E-state index contributed by atoms with van der Waals surface area (Å²) in [7, 11) is 0. The van der Waals surface area contributed by atoms with E-state index in [4.69, 9.17) is 0 Å². The van der Waals surface area contributed by atoms with Crippen molar-refractivity contribution >= 4 is 22.6 Å². The molecule has 0 saturated heterocycles. The van der Waals surface area contributed by atoms with E-state index < -0.39 is 17.9 Å². The second-order valence-electron chi connectivity index (χ2n) is 7.27. The Kier molecular flexibility index (Phi) is 6.13. The number of nitrogens with one attached hydrogen (secondary N) is 1. The molecule has 2 aromatic rings. The molecule has 1 aromatic carbocycles. The number of benzene rings is 1. The predicted molar refractivity (Wildman–Crippen MR) is 99.2 cm³/mol. The van der Waals surface area contributed by atoms with Gasteiger partial charge in [-0.3, -0.25) is 9.59 Å². The van der Waals surface area contributed by atoms with E-state index in [1.54, 1.807) is 24.3 Å². The fourth-order valence-electron chi connectivity index (χ4n) is 2.79. The van der Waals surface area contributed by atoms with Gasteiger partial charge >= 0.3 is 5.97 Å². The van der Waals surface area contributed by atoms with Crippen molar-refractivity contribution in [2.24, 2.45) is 11.8 Å². The van der Waals surface area contributed by atoms with Gasteiger partial charge in [-0.25, -0.2) is 9.48 Å². The highest BCUT2D eigenvalue weighted by molar-refractivity contribution is 6.05. The van der Waals surface area contributed by atoms with E-state index in [1.165, 1.54) is 4.68 Å². The highest BCUT2D eigenvalue weighted by atomic mass is 16.4. The Balaban J connectivity index is 2.50. The van der Waals surface area contributed by atoms with Crippen LogP contribution in [0, 0.1) is 11.8 Å². The number of carboxylic acid groups (broad SMARTS) is 1. The lowest BCUT2D eigenvalue weighted by Gasteiger charge is -2.17. The van der Waals surface area contributed by atoms with Crippen LogP contribution in [0.5, 0.6) is 0 Å². The molecule has 1 unspecified atom stereocenters. The summed E-state index contributed by atoms with van der Waals surface area (Å²) in [5.41, 5.74) is -0.196. The summed E-state index contributed by atoms with van der Waals surface area (Å²) < 4.78 is 1.28. The van der Waals surface area contributed by atoms with Crippen molar-refractivity contribution in [1.29, 1.82) is 0 Å². The second-order valence-corrected chi connectivity index (χ2v) is 7.27. The van der Waals surface area contributed by atoms with Crippen molar-refractivity contribution in [1.82, 2.24) is 15.1 Å². The van der Waals surface area contributed by atoms with Gasteiger partial charge in [0.25, 0.3) is 11.5 Å². The minimum atomic E-state index is -1.09. The van der Waals surface area contributed by atoms with E-state index in [0.717, 1.165) is 0 Å². The third kappa shape index (κ3) is 4.47. The van der Waals surface area contributed by atoms with E-state index in [2.05, 4.69) is 10.4 Å². The number of hydrogen-bond acceptors (Lipinski definition) is 4. The van der Waals surface area contributed by atoms with Crippen LogP contribution in [0.2, 0.25) is 0 Å². The Hall–Kier alpha value is -2.70. The SMILES string of the molecule is CC(C)CC(NC(=O)c1nn(CC(C)C)c(=O)c2ccccc12)C(=O)O. The minimum absolute atomic E-state index is 0.0656. The smallest absolute Gasteiger partial charge is 0.326 e. The Morgan fingerprint density at radius 2 is 1.73 bits per heavy atom. The lowest BCUT2D eigenvalue weighted by atomic mass is 10.0. The molecule has 0 saturated carbocycles. The van der Waals surface area contributed by atoms with Crippen molar-refractivity contribution in [3.8, 4) is 0 Å². The van der Waals surface area contributed by atoms with Gasteiger partial charge < -0.3 is 10.4 Å². The zero-order valence-electron chi connectivity index (χ0n) is 15.5. The minimum Gasteiger partial charge on any atom is -0.480 e. The average molecular weight is 359 g/mol. The molecule has 140 valence electrons. The lowest BCUT2D eigenvalue weighted by Crippen LogP contribution is -2.42. The van der Waals surface area contributed by atoms with E-state index in [-0.39, 0.29) is 23.1 Å². The van der Waals surface area contributed by atoms with Gasteiger partial charge in [0.2, 0.25) is 0 Å². The number of aromatic nitrogens is 2. The first-order chi connectivity index (χ1) is 12.2. The van der Waals surface area contributed by atoms with Crippen molar-refractivity contribution in [2.75, 3.05) is 0 Å². The molecule has 2 N–H and O–H groups in total. The predicted octanol–water partition coefficient (Wildman–Crippen LogP) is 2.28. The summed E-state index contributed by atoms with van der Waals surface area (Å²) in [6.45, 7) is 8.05. The monoisotopic (exact) mass is 359 g/mol. The summed E-state index contributed by atoms with van der Waals surface area (Å²) in [5.74, 6) is -1.40. The summed E-state index contributed by atoms with van der Waals surface area (Å²) in [5, 5.41) is 16.9. The molecule has 0 aliphatic rings. The van der Waals surface area contributed by atoms with Crippen LogP contribution in [0.15, 0.2) is 29.1 Å². The summed E-state index contributed by atoms with van der Waals surface area (Å²) in [6, 6.07) is 5.74. The molecule has 7 nitrogen and oxygen atoms in total. The Bertz CT molecular complexity index is 871. The number of carboxylic acids is 1. The molecule has 7 heteroatoms. The number of fused-ring (bicyclic) bond motifs is 1. The Morgan fingerprint density at radius 3 is 2.27 bits per heavy atom. The average Bonchev–Trinajstić information content (AvgIpc) is 2.55. The van der Waals surface area contributed by atoms with Gasteiger partial charge in [0.1, 0.15) is 6.04 Å². The van der Waals surface area contributed by atoms with Crippen LogP contribution >= 0.6 is 0 Å². The number of hydrogen-bond donors (Lipinski definition) is 2. The van der Waals surface area contributed by atoms with E-state index in [9.17, 15) is 19.5 Å². The van der Waals surface area contributed by atoms with Crippen LogP contribution in [-0.2, 0) is 11.3 Å². The number of rotatable bonds is 7. The molecule has 2 rings (SSSR count). The van der Waals surface area contributed by atoms with Crippen molar-refractivity contribution < 1.29 is 14.7 Å². The summed E-state index contributed by atoms with van der Waals surface area (Å²) in [6.07, 6.45) is 0.310. The Morgan fingerprint density at radius 1 is 1.12 bits per heavy atom. The van der Waals surface area contributed by atoms with E-state index in [1.807, 2.05) is 27.7 Å². The van der Waals surface area contributed by atoms with E-state index in [0.29, 0.717) is 23.7 Å². The zero-order chi connectivity index (χ0) is 19.4. The molecule has 0 aliphatic carbocycles. The van der Waals surface area contributed by atoms with Gasteiger partial charge in [-0.1, -0.05) is 45.9 Å². The van der Waals surface area contributed by atoms with Crippen molar-refractivity contribution in [3.05, 3.63) is 40.3 Å². The molecular formula is C19H25N3O4. The Labute approximate surface area is 152 Å². The third-order valence-corrected chi connectivity index (χ3v) is 3.93. The second kappa shape index (κ2) is 8.12. The standard InChI is InChI=1S/C19H25N3O4/c1-11(2)9-15(19(25)26)20-17(23)16-13-7-5-6-8-14(13)18(24)22(21-16)10-12(3)4/h5-8,11-12,15H,9-10H2,1-4H3,(H,20,23)(H,25,26). The molecule has 1 amide bonds. The van der Waals surface area contributed by atoms with Crippen LogP contribution < -0.4 is 10.9 Å². The maximum absolute atomic E-state index is 12.8. The normalized spacial score (nSPS) is 12.5. The lowest BCUT2D eigenvalue weighted by molar-refractivity contribution is -0.139.